The zero-order valence-corrected chi connectivity index (χ0v) is 19.9. The minimum Gasteiger partial charge on any atom is -0.478 e. The largest absolute Gasteiger partial charge is 0.478 e. The van der Waals surface area contributed by atoms with Gasteiger partial charge in [0.15, 0.2) is 0 Å². The molecule has 1 heterocycles. The van der Waals surface area contributed by atoms with Crippen molar-refractivity contribution in [3.63, 3.8) is 0 Å². The van der Waals surface area contributed by atoms with Gasteiger partial charge in [-0.15, -0.1) is 0 Å². The average Bonchev–Trinajstić information content (AvgIpc) is 3.24. The molecule has 3 rings (SSSR count). The van der Waals surface area contributed by atoms with Crippen LogP contribution in [-0.2, 0) is 28.2 Å². The fourth-order valence-corrected chi connectivity index (χ4v) is 3.97. The first-order valence-electron chi connectivity index (χ1n) is 11.4. The lowest BCUT2D eigenvalue weighted by atomic mass is 9.98. The SMILES string of the molecule is CCCCn1nc(C(CCC)(OC)OC)nc1Cc1ccc(-c2ccccc2C(=O)O)cc1. The molecule has 0 aliphatic rings. The molecule has 0 unspecified atom stereocenters. The highest BCUT2D eigenvalue weighted by Gasteiger charge is 2.36. The molecule has 7 nitrogen and oxygen atoms in total. The summed E-state index contributed by atoms with van der Waals surface area (Å²) in [5.74, 6) is -0.483. The van der Waals surface area contributed by atoms with Crippen molar-refractivity contribution in [2.24, 2.45) is 0 Å². The molecule has 0 saturated heterocycles. The number of carbonyl (C=O) groups is 1. The van der Waals surface area contributed by atoms with Crippen LogP contribution >= 0.6 is 0 Å². The first-order valence-corrected chi connectivity index (χ1v) is 11.4. The monoisotopic (exact) mass is 451 g/mol. The zero-order chi connectivity index (χ0) is 23.8. The predicted molar refractivity (Wildman–Crippen MR) is 127 cm³/mol. The number of aromatic carboxylic acids is 1. The summed E-state index contributed by atoms with van der Waals surface area (Å²) in [7, 11) is 3.25. The van der Waals surface area contributed by atoms with Crippen LogP contribution in [0.1, 0.15) is 67.1 Å². The van der Waals surface area contributed by atoms with Gasteiger partial charge in [0.05, 0.1) is 5.56 Å². The molecular weight excluding hydrogens is 418 g/mol. The van der Waals surface area contributed by atoms with Crippen LogP contribution in [0.2, 0.25) is 0 Å². The normalized spacial score (nSPS) is 11.6. The van der Waals surface area contributed by atoms with E-state index in [1.807, 2.05) is 41.1 Å². The van der Waals surface area contributed by atoms with Crippen molar-refractivity contribution in [1.29, 1.82) is 0 Å². The molecular formula is C26H33N3O4. The van der Waals surface area contributed by atoms with Gasteiger partial charge in [-0.1, -0.05) is 69.2 Å². The van der Waals surface area contributed by atoms with Gasteiger partial charge in [0.2, 0.25) is 11.6 Å². The lowest BCUT2D eigenvalue weighted by Gasteiger charge is -2.27. The third-order valence-corrected chi connectivity index (χ3v) is 5.84. The summed E-state index contributed by atoms with van der Waals surface area (Å²) < 4.78 is 13.4. The Hall–Kier alpha value is -3.03. The van der Waals surface area contributed by atoms with E-state index in [4.69, 9.17) is 19.6 Å². The van der Waals surface area contributed by atoms with Crippen LogP contribution in [0.4, 0.5) is 0 Å². The summed E-state index contributed by atoms with van der Waals surface area (Å²) >= 11 is 0. The van der Waals surface area contributed by atoms with E-state index in [1.165, 1.54) is 0 Å². The molecule has 176 valence electrons. The second kappa shape index (κ2) is 11.2. The molecule has 0 radical (unpaired) electrons. The van der Waals surface area contributed by atoms with Gasteiger partial charge in [-0.2, -0.15) is 5.10 Å². The van der Waals surface area contributed by atoms with Crippen molar-refractivity contribution in [2.45, 2.75) is 58.3 Å². The molecule has 0 fully saturated rings. The summed E-state index contributed by atoms with van der Waals surface area (Å²) in [6.07, 6.45) is 4.20. The van der Waals surface area contributed by atoms with E-state index in [0.717, 1.165) is 42.8 Å². The summed E-state index contributed by atoms with van der Waals surface area (Å²) in [4.78, 5) is 16.4. The number of hydrogen-bond donors (Lipinski definition) is 1. The highest BCUT2D eigenvalue weighted by Crippen LogP contribution is 2.30. The average molecular weight is 452 g/mol. The molecule has 0 aliphatic carbocycles. The van der Waals surface area contributed by atoms with Crippen LogP contribution in [0.15, 0.2) is 48.5 Å². The number of nitrogens with zero attached hydrogens (tertiary/aromatic N) is 3. The Labute approximate surface area is 195 Å². The van der Waals surface area contributed by atoms with E-state index >= 15 is 0 Å². The molecule has 0 atom stereocenters. The van der Waals surface area contributed by atoms with Gasteiger partial charge in [-0.05, 0) is 29.2 Å². The van der Waals surface area contributed by atoms with Gasteiger partial charge < -0.3 is 14.6 Å². The first kappa shape index (κ1) is 24.6. The number of carboxylic acid groups (broad SMARTS) is 1. The van der Waals surface area contributed by atoms with Crippen LogP contribution < -0.4 is 0 Å². The maximum absolute atomic E-state index is 11.6. The maximum atomic E-state index is 11.6. The predicted octanol–water partition coefficient (Wildman–Crippen LogP) is 5.28. The molecule has 0 aliphatic heterocycles. The third kappa shape index (κ3) is 5.49. The molecule has 1 aromatic heterocycles. The minimum absolute atomic E-state index is 0.292. The van der Waals surface area contributed by atoms with Crippen molar-refractivity contribution in [2.75, 3.05) is 14.2 Å². The molecule has 0 spiro atoms. The number of aromatic nitrogens is 3. The van der Waals surface area contributed by atoms with E-state index in [2.05, 4.69) is 13.8 Å². The van der Waals surface area contributed by atoms with Gasteiger partial charge >= 0.3 is 5.97 Å². The maximum Gasteiger partial charge on any atom is 0.336 e. The Morgan fingerprint density at radius 1 is 1.03 bits per heavy atom. The van der Waals surface area contributed by atoms with E-state index in [9.17, 15) is 9.90 Å². The minimum atomic E-state index is -0.953. The van der Waals surface area contributed by atoms with Crippen molar-refractivity contribution in [3.05, 3.63) is 71.3 Å². The van der Waals surface area contributed by atoms with Crippen LogP contribution in [0.25, 0.3) is 11.1 Å². The second-order valence-electron chi connectivity index (χ2n) is 8.06. The molecule has 1 N–H and O–H groups in total. The smallest absolute Gasteiger partial charge is 0.336 e. The fourth-order valence-electron chi connectivity index (χ4n) is 3.97. The number of rotatable bonds is 12. The lowest BCUT2D eigenvalue weighted by Crippen LogP contribution is -2.32. The molecule has 0 saturated carbocycles. The van der Waals surface area contributed by atoms with Crippen LogP contribution in [0.3, 0.4) is 0 Å². The Morgan fingerprint density at radius 3 is 2.33 bits per heavy atom. The summed E-state index contributed by atoms with van der Waals surface area (Å²) in [5, 5.41) is 14.2. The highest BCUT2D eigenvalue weighted by molar-refractivity contribution is 5.95. The summed E-state index contributed by atoms with van der Waals surface area (Å²) in [5.41, 5.74) is 2.93. The van der Waals surface area contributed by atoms with Gasteiger partial charge in [-0.25, -0.2) is 14.5 Å². The van der Waals surface area contributed by atoms with Gasteiger partial charge in [0, 0.05) is 33.6 Å². The first-order chi connectivity index (χ1) is 16.0. The molecule has 0 bridgehead atoms. The van der Waals surface area contributed by atoms with Gasteiger partial charge in [0.25, 0.3) is 0 Å². The Bertz CT molecular complexity index is 1060. The van der Waals surface area contributed by atoms with Crippen LogP contribution in [0.5, 0.6) is 0 Å². The zero-order valence-electron chi connectivity index (χ0n) is 19.9. The number of aryl methyl sites for hydroxylation is 1. The Kier molecular flexibility index (Phi) is 8.36. The van der Waals surface area contributed by atoms with Gasteiger partial charge in [0.1, 0.15) is 5.82 Å². The number of ether oxygens (including phenoxy) is 2. The molecule has 33 heavy (non-hydrogen) atoms. The molecule has 0 amide bonds. The topological polar surface area (TPSA) is 86.5 Å². The van der Waals surface area contributed by atoms with E-state index < -0.39 is 11.8 Å². The molecule has 3 aromatic rings. The molecule has 7 heteroatoms. The number of methoxy groups -OCH3 is 2. The lowest BCUT2D eigenvalue weighted by molar-refractivity contribution is -0.225. The number of benzene rings is 2. The third-order valence-electron chi connectivity index (χ3n) is 5.84. The standard InChI is InChI=1S/C26H33N3O4/c1-5-7-17-29-23(27-25(28-29)26(32-3,33-4)16-6-2)18-19-12-14-20(15-13-19)21-10-8-9-11-22(21)24(30)31/h8-15H,5-7,16-18H2,1-4H3,(H,30,31). The van der Waals surface area contributed by atoms with Crippen LogP contribution in [-0.4, -0.2) is 40.1 Å². The number of unbranched alkanes of at least 4 members (excludes halogenated alkanes) is 1. The number of carboxylic acids is 1. The quantitative estimate of drug-likeness (QED) is 0.377. The fraction of sp³-hybridized carbons (Fsp3) is 0.423. The van der Waals surface area contributed by atoms with Crippen molar-refractivity contribution < 1.29 is 19.4 Å². The van der Waals surface area contributed by atoms with Crippen molar-refractivity contribution in [1.82, 2.24) is 14.8 Å². The Balaban J connectivity index is 1.91. The second-order valence-corrected chi connectivity index (χ2v) is 8.06. The van der Waals surface area contributed by atoms with Crippen molar-refractivity contribution >= 4 is 5.97 Å². The van der Waals surface area contributed by atoms with E-state index in [-0.39, 0.29) is 0 Å². The Morgan fingerprint density at radius 2 is 1.73 bits per heavy atom. The molecule has 2 aromatic carbocycles. The van der Waals surface area contributed by atoms with E-state index in [0.29, 0.717) is 29.8 Å². The van der Waals surface area contributed by atoms with Crippen molar-refractivity contribution in [3.8, 4) is 11.1 Å². The summed E-state index contributed by atoms with van der Waals surface area (Å²) in [6, 6.07) is 15.0. The van der Waals surface area contributed by atoms with Crippen LogP contribution in [0, 0.1) is 0 Å². The van der Waals surface area contributed by atoms with E-state index in [1.54, 1.807) is 26.4 Å². The number of hydrogen-bond acceptors (Lipinski definition) is 5. The highest BCUT2D eigenvalue weighted by atomic mass is 16.7. The summed E-state index contributed by atoms with van der Waals surface area (Å²) in [6.45, 7) is 5.00. The van der Waals surface area contributed by atoms with Gasteiger partial charge in [-0.3, -0.25) is 0 Å².